The summed E-state index contributed by atoms with van der Waals surface area (Å²) in [6, 6.07) is 6.74. The molecule has 1 aromatic rings. The van der Waals surface area contributed by atoms with Gasteiger partial charge in [-0.2, -0.15) is 0 Å². The molecule has 3 heteroatoms. The molecule has 3 nitrogen and oxygen atoms in total. The molecule has 1 aliphatic rings. The summed E-state index contributed by atoms with van der Waals surface area (Å²) in [7, 11) is 0. The maximum absolute atomic E-state index is 10.9. The molecule has 0 aliphatic carbocycles. The lowest BCUT2D eigenvalue weighted by atomic mass is 10.1. The standard InChI is InChI=1S/C8H5NO2.C4H6.C2H6/c10-7-5-3-1-2-4-6(5)8(11)9-7;1-3-4-2;1-2/h1-4H,(H,9,10,11);1-2H3;1-2H3. The molecule has 2 rings (SSSR count). The van der Waals surface area contributed by atoms with Gasteiger partial charge >= 0.3 is 0 Å². The lowest BCUT2D eigenvalue weighted by molar-refractivity contribution is 0.0879. The molecular weight excluding hydrogens is 214 g/mol. The van der Waals surface area contributed by atoms with E-state index in [4.69, 9.17) is 0 Å². The molecule has 0 spiro atoms. The maximum Gasteiger partial charge on any atom is 0.258 e. The summed E-state index contributed by atoms with van der Waals surface area (Å²) in [4.78, 5) is 21.9. The van der Waals surface area contributed by atoms with E-state index >= 15 is 0 Å². The molecule has 0 fully saturated rings. The third-order valence-corrected chi connectivity index (χ3v) is 1.89. The number of nitrogens with one attached hydrogen (secondary N) is 1. The maximum atomic E-state index is 10.9. The minimum absolute atomic E-state index is 0.300. The van der Waals surface area contributed by atoms with Gasteiger partial charge in [0.25, 0.3) is 11.8 Å². The van der Waals surface area contributed by atoms with Crippen molar-refractivity contribution >= 4 is 11.8 Å². The number of fused-ring (bicyclic) bond motifs is 1. The van der Waals surface area contributed by atoms with Gasteiger partial charge in [0.05, 0.1) is 11.1 Å². The molecule has 1 aliphatic heterocycles. The van der Waals surface area contributed by atoms with Crippen LogP contribution in [0.2, 0.25) is 0 Å². The van der Waals surface area contributed by atoms with Crippen molar-refractivity contribution in [3.8, 4) is 11.8 Å². The molecule has 1 heterocycles. The Balaban J connectivity index is 0.000000368. The summed E-state index contributed by atoms with van der Waals surface area (Å²) in [5, 5.41) is 2.20. The van der Waals surface area contributed by atoms with Gasteiger partial charge in [0.1, 0.15) is 0 Å². The minimum Gasteiger partial charge on any atom is -0.288 e. The molecule has 0 atom stereocenters. The number of hydrogen-bond acceptors (Lipinski definition) is 2. The first kappa shape index (κ1) is 14.9. The van der Waals surface area contributed by atoms with E-state index in [9.17, 15) is 9.59 Å². The van der Waals surface area contributed by atoms with E-state index in [0.717, 1.165) is 0 Å². The molecule has 0 saturated carbocycles. The van der Waals surface area contributed by atoms with Crippen LogP contribution in [0.15, 0.2) is 24.3 Å². The largest absolute Gasteiger partial charge is 0.288 e. The molecule has 17 heavy (non-hydrogen) atoms. The number of hydrogen-bond donors (Lipinski definition) is 1. The SMILES string of the molecule is CC.CC#CC.O=C1NC(=O)c2ccccc21. The van der Waals surface area contributed by atoms with Gasteiger partial charge in [-0.15, -0.1) is 11.8 Å². The smallest absolute Gasteiger partial charge is 0.258 e. The number of carbonyl (C=O) groups is 2. The highest BCUT2D eigenvalue weighted by molar-refractivity contribution is 6.21. The Bertz CT molecular complexity index is 414. The molecular formula is C14H17NO2. The number of benzene rings is 1. The lowest BCUT2D eigenvalue weighted by Crippen LogP contribution is -2.19. The van der Waals surface area contributed by atoms with E-state index < -0.39 is 0 Å². The Morgan fingerprint density at radius 3 is 1.53 bits per heavy atom. The molecule has 0 aromatic heterocycles. The van der Waals surface area contributed by atoms with Gasteiger partial charge in [-0.05, 0) is 26.0 Å². The van der Waals surface area contributed by atoms with E-state index in [0.29, 0.717) is 11.1 Å². The monoisotopic (exact) mass is 231 g/mol. The van der Waals surface area contributed by atoms with Crippen LogP contribution in [0.4, 0.5) is 0 Å². The van der Waals surface area contributed by atoms with Gasteiger partial charge in [-0.1, -0.05) is 26.0 Å². The van der Waals surface area contributed by atoms with Crippen molar-refractivity contribution in [2.45, 2.75) is 27.7 Å². The van der Waals surface area contributed by atoms with Crippen LogP contribution in [0.25, 0.3) is 0 Å². The lowest BCUT2D eigenvalue weighted by Gasteiger charge is -1.88. The van der Waals surface area contributed by atoms with Gasteiger partial charge in [-0.25, -0.2) is 0 Å². The van der Waals surface area contributed by atoms with Crippen LogP contribution >= 0.6 is 0 Å². The van der Waals surface area contributed by atoms with Gasteiger partial charge in [0, 0.05) is 0 Å². The Labute approximate surface area is 102 Å². The Hall–Kier alpha value is -2.08. The Kier molecular flexibility index (Phi) is 7.12. The van der Waals surface area contributed by atoms with Crippen molar-refractivity contribution in [1.29, 1.82) is 0 Å². The zero-order valence-electron chi connectivity index (χ0n) is 10.6. The molecule has 1 aromatic carbocycles. The van der Waals surface area contributed by atoms with Gasteiger partial charge in [-0.3, -0.25) is 14.9 Å². The van der Waals surface area contributed by atoms with Crippen LogP contribution in [0.1, 0.15) is 48.4 Å². The predicted molar refractivity (Wildman–Crippen MR) is 68.7 cm³/mol. The van der Waals surface area contributed by atoms with E-state index in [1.807, 2.05) is 27.7 Å². The third-order valence-electron chi connectivity index (χ3n) is 1.89. The summed E-state index contributed by atoms with van der Waals surface area (Å²) >= 11 is 0. The summed E-state index contributed by atoms with van der Waals surface area (Å²) in [5.41, 5.74) is 0.940. The molecule has 1 N–H and O–H groups in total. The molecule has 0 radical (unpaired) electrons. The van der Waals surface area contributed by atoms with Crippen LogP contribution in [-0.4, -0.2) is 11.8 Å². The topological polar surface area (TPSA) is 46.2 Å². The highest BCUT2D eigenvalue weighted by Crippen LogP contribution is 2.13. The molecule has 2 amide bonds. The first-order chi connectivity index (χ1) is 8.20. The van der Waals surface area contributed by atoms with Crippen molar-refractivity contribution in [2.24, 2.45) is 0 Å². The minimum atomic E-state index is -0.300. The number of imide groups is 1. The fourth-order valence-corrected chi connectivity index (χ4v) is 1.12. The number of rotatable bonds is 0. The van der Waals surface area contributed by atoms with E-state index in [1.165, 1.54) is 0 Å². The molecule has 0 unspecified atom stereocenters. The zero-order valence-corrected chi connectivity index (χ0v) is 10.6. The van der Waals surface area contributed by atoms with Crippen LogP contribution < -0.4 is 5.32 Å². The van der Waals surface area contributed by atoms with E-state index in [2.05, 4.69) is 17.2 Å². The van der Waals surface area contributed by atoms with Crippen LogP contribution in [-0.2, 0) is 0 Å². The Morgan fingerprint density at radius 1 is 0.882 bits per heavy atom. The Morgan fingerprint density at radius 2 is 1.24 bits per heavy atom. The molecule has 90 valence electrons. The van der Waals surface area contributed by atoms with Crippen molar-refractivity contribution in [1.82, 2.24) is 5.32 Å². The van der Waals surface area contributed by atoms with E-state index in [1.54, 1.807) is 24.3 Å². The zero-order chi connectivity index (χ0) is 13.3. The van der Waals surface area contributed by atoms with Crippen LogP contribution in [0.3, 0.4) is 0 Å². The average Bonchev–Trinajstić information content (AvgIpc) is 2.69. The summed E-state index contributed by atoms with van der Waals surface area (Å²) in [6.07, 6.45) is 0. The number of carbonyl (C=O) groups excluding carboxylic acids is 2. The number of amides is 2. The fraction of sp³-hybridized carbons (Fsp3) is 0.286. The van der Waals surface area contributed by atoms with Gasteiger partial charge < -0.3 is 0 Å². The summed E-state index contributed by atoms with van der Waals surface area (Å²) in [5.74, 6) is 4.76. The summed E-state index contributed by atoms with van der Waals surface area (Å²) in [6.45, 7) is 7.64. The second kappa shape index (κ2) is 8.12. The second-order valence-electron chi connectivity index (χ2n) is 2.83. The first-order valence-corrected chi connectivity index (χ1v) is 5.49. The van der Waals surface area contributed by atoms with Gasteiger partial charge in [0.2, 0.25) is 0 Å². The quantitative estimate of drug-likeness (QED) is 0.551. The first-order valence-electron chi connectivity index (χ1n) is 5.49. The van der Waals surface area contributed by atoms with Gasteiger partial charge in [0.15, 0.2) is 0 Å². The van der Waals surface area contributed by atoms with E-state index in [-0.39, 0.29) is 11.8 Å². The van der Waals surface area contributed by atoms with Crippen molar-refractivity contribution < 1.29 is 9.59 Å². The van der Waals surface area contributed by atoms with Crippen LogP contribution in [0, 0.1) is 11.8 Å². The molecule has 0 saturated heterocycles. The average molecular weight is 231 g/mol. The summed E-state index contributed by atoms with van der Waals surface area (Å²) < 4.78 is 0. The normalized spacial score (nSPS) is 10.6. The highest BCUT2D eigenvalue weighted by Gasteiger charge is 2.25. The van der Waals surface area contributed by atoms with Crippen molar-refractivity contribution in [3.63, 3.8) is 0 Å². The van der Waals surface area contributed by atoms with Crippen LogP contribution in [0.5, 0.6) is 0 Å². The fourth-order valence-electron chi connectivity index (χ4n) is 1.12. The predicted octanol–water partition coefficient (Wildman–Crippen LogP) is 2.63. The second-order valence-corrected chi connectivity index (χ2v) is 2.83. The van der Waals surface area contributed by atoms with Crippen molar-refractivity contribution in [3.05, 3.63) is 35.4 Å². The molecule has 0 bridgehead atoms. The third kappa shape index (κ3) is 4.12. The van der Waals surface area contributed by atoms with Crippen molar-refractivity contribution in [2.75, 3.05) is 0 Å². The highest BCUT2D eigenvalue weighted by atomic mass is 16.2.